The number of Topliss-reactive ketones (excluding diaryl/α,β-unsaturated/α-hetero) is 1. The Morgan fingerprint density at radius 2 is 1.76 bits per heavy atom. The molecule has 0 aliphatic carbocycles. The number of ketones is 1. The Morgan fingerprint density at radius 3 is 2.41 bits per heavy atom. The average Bonchev–Trinajstić information content (AvgIpc) is 2.74. The van der Waals surface area contributed by atoms with Gasteiger partial charge in [0.1, 0.15) is 5.75 Å². The van der Waals surface area contributed by atoms with E-state index in [9.17, 15) is 9.59 Å². The molecular formula is C24H30N2O3. The fraction of sp³-hybridized carbons (Fsp3) is 0.417. The van der Waals surface area contributed by atoms with Crippen LogP contribution in [0.15, 0.2) is 48.5 Å². The first-order chi connectivity index (χ1) is 13.9. The third kappa shape index (κ3) is 5.59. The first kappa shape index (κ1) is 20.9. The number of nitrogens with zero attached hydrogens (tertiary/aromatic N) is 2. The Kier molecular flexibility index (Phi) is 6.91. The van der Waals surface area contributed by atoms with Crippen molar-refractivity contribution in [3.05, 3.63) is 59.7 Å². The lowest BCUT2D eigenvalue weighted by Gasteiger charge is -2.29. The molecule has 5 heteroatoms. The molecule has 5 nitrogen and oxygen atoms in total. The lowest BCUT2D eigenvalue weighted by molar-refractivity contribution is -0.137. The highest BCUT2D eigenvalue weighted by atomic mass is 16.5. The van der Waals surface area contributed by atoms with Gasteiger partial charge in [-0.25, -0.2) is 0 Å². The van der Waals surface area contributed by atoms with Crippen LogP contribution in [-0.2, 0) is 11.3 Å². The highest BCUT2D eigenvalue weighted by molar-refractivity contribution is 5.94. The van der Waals surface area contributed by atoms with Crippen LogP contribution in [0.1, 0.15) is 49.0 Å². The van der Waals surface area contributed by atoms with E-state index in [0.29, 0.717) is 17.9 Å². The Bertz CT molecular complexity index is 841. The van der Waals surface area contributed by atoms with Crippen LogP contribution in [0.25, 0.3) is 0 Å². The van der Waals surface area contributed by atoms with Gasteiger partial charge in [0.25, 0.3) is 5.91 Å². The molecule has 1 aliphatic rings. The second-order valence-corrected chi connectivity index (χ2v) is 7.75. The minimum atomic E-state index is -0.630. The molecule has 1 unspecified atom stereocenters. The van der Waals surface area contributed by atoms with Gasteiger partial charge >= 0.3 is 0 Å². The van der Waals surface area contributed by atoms with Crippen molar-refractivity contribution < 1.29 is 14.3 Å². The first-order valence-corrected chi connectivity index (χ1v) is 10.3. The molecule has 1 atom stereocenters. The van der Waals surface area contributed by atoms with E-state index in [2.05, 4.69) is 29.2 Å². The zero-order valence-electron chi connectivity index (χ0n) is 17.6. The molecule has 0 saturated carbocycles. The largest absolute Gasteiger partial charge is 0.481 e. The fourth-order valence-corrected chi connectivity index (χ4v) is 3.67. The number of hydrogen-bond acceptors (Lipinski definition) is 4. The minimum Gasteiger partial charge on any atom is -0.481 e. The first-order valence-electron chi connectivity index (χ1n) is 10.3. The molecule has 2 aromatic rings. The molecule has 1 aliphatic heterocycles. The maximum Gasteiger partial charge on any atom is 0.263 e. The summed E-state index contributed by atoms with van der Waals surface area (Å²) in [5.74, 6) is 0.399. The molecule has 0 radical (unpaired) electrons. The van der Waals surface area contributed by atoms with Crippen molar-refractivity contribution >= 4 is 17.4 Å². The van der Waals surface area contributed by atoms with Gasteiger partial charge in [-0.1, -0.05) is 24.3 Å². The molecule has 0 bridgehead atoms. The monoisotopic (exact) mass is 394 g/mol. The summed E-state index contributed by atoms with van der Waals surface area (Å²) in [4.78, 5) is 28.3. The molecular weight excluding hydrogens is 364 g/mol. The van der Waals surface area contributed by atoms with Crippen molar-refractivity contribution in [1.29, 1.82) is 0 Å². The molecule has 1 amide bonds. The molecule has 0 N–H and O–H groups in total. The Hall–Kier alpha value is -2.82. The number of carbonyl (C=O) groups is 2. The number of hydrogen-bond donors (Lipinski definition) is 0. The average molecular weight is 395 g/mol. The standard InChI is InChI=1S/C24H30N2O3/c1-18(27)21-8-7-9-23(16-21)29-19(2)24(28)25(3)17-20-10-12-22(13-11-20)26-14-5-4-6-15-26/h7-13,16,19H,4-6,14-15,17H2,1-3H3. The highest BCUT2D eigenvalue weighted by Crippen LogP contribution is 2.21. The third-order valence-corrected chi connectivity index (χ3v) is 5.35. The zero-order chi connectivity index (χ0) is 20.8. The van der Waals surface area contributed by atoms with Crippen molar-refractivity contribution in [3.8, 4) is 5.75 Å². The van der Waals surface area contributed by atoms with Crippen molar-refractivity contribution in [2.75, 3.05) is 25.0 Å². The summed E-state index contributed by atoms with van der Waals surface area (Å²) in [5.41, 5.74) is 2.92. The third-order valence-electron chi connectivity index (χ3n) is 5.35. The van der Waals surface area contributed by atoms with Gasteiger partial charge in [-0.2, -0.15) is 0 Å². The van der Waals surface area contributed by atoms with E-state index in [1.54, 1.807) is 43.1 Å². The molecule has 0 aromatic heterocycles. The Labute approximate surface area is 173 Å². The van der Waals surface area contributed by atoms with E-state index in [1.807, 2.05) is 0 Å². The highest BCUT2D eigenvalue weighted by Gasteiger charge is 2.20. The smallest absolute Gasteiger partial charge is 0.263 e. The summed E-state index contributed by atoms with van der Waals surface area (Å²) >= 11 is 0. The van der Waals surface area contributed by atoms with Crippen molar-refractivity contribution in [2.45, 2.75) is 45.8 Å². The molecule has 0 spiro atoms. The van der Waals surface area contributed by atoms with Gasteiger partial charge in [0.05, 0.1) is 0 Å². The van der Waals surface area contributed by atoms with Gasteiger partial charge in [-0.15, -0.1) is 0 Å². The molecule has 3 rings (SSSR count). The van der Waals surface area contributed by atoms with Gasteiger partial charge in [-0.3, -0.25) is 9.59 Å². The Morgan fingerprint density at radius 1 is 1.07 bits per heavy atom. The van der Waals surface area contributed by atoms with Gasteiger partial charge in [-0.05, 0) is 62.9 Å². The number of rotatable bonds is 7. The van der Waals surface area contributed by atoms with Crippen LogP contribution < -0.4 is 9.64 Å². The van der Waals surface area contributed by atoms with Gasteiger partial charge in [0, 0.05) is 37.9 Å². The van der Waals surface area contributed by atoms with Crippen LogP contribution in [0.5, 0.6) is 5.75 Å². The molecule has 1 saturated heterocycles. The molecule has 2 aromatic carbocycles. The van der Waals surface area contributed by atoms with E-state index in [4.69, 9.17) is 4.74 Å². The van der Waals surface area contributed by atoms with E-state index < -0.39 is 6.10 Å². The summed E-state index contributed by atoms with van der Waals surface area (Å²) in [5, 5.41) is 0. The fourth-order valence-electron chi connectivity index (χ4n) is 3.67. The quantitative estimate of drug-likeness (QED) is 0.657. The number of amides is 1. The normalized spacial score (nSPS) is 14.9. The van der Waals surface area contributed by atoms with Crippen LogP contribution in [0.2, 0.25) is 0 Å². The van der Waals surface area contributed by atoms with Crippen LogP contribution in [-0.4, -0.2) is 42.8 Å². The number of likely N-dealkylation sites (N-methyl/N-ethyl adjacent to an activating group) is 1. The van der Waals surface area contributed by atoms with E-state index in [1.165, 1.54) is 31.9 Å². The topological polar surface area (TPSA) is 49.9 Å². The molecule has 1 fully saturated rings. The summed E-state index contributed by atoms with van der Waals surface area (Å²) in [6, 6.07) is 15.4. The van der Waals surface area contributed by atoms with E-state index in [-0.39, 0.29) is 11.7 Å². The number of benzene rings is 2. The van der Waals surface area contributed by atoms with Crippen molar-refractivity contribution in [3.63, 3.8) is 0 Å². The predicted molar refractivity (Wildman–Crippen MR) is 116 cm³/mol. The maximum atomic E-state index is 12.7. The summed E-state index contributed by atoms with van der Waals surface area (Å²) in [7, 11) is 1.78. The van der Waals surface area contributed by atoms with Gasteiger partial charge in [0.15, 0.2) is 11.9 Å². The van der Waals surface area contributed by atoms with E-state index >= 15 is 0 Å². The molecule has 29 heavy (non-hydrogen) atoms. The number of ether oxygens (including phenoxy) is 1. The predicted octanol–water partition coefficient (Wildman–Crippen LogP) is 4.31. The molecule has 154 valence electrons. The summed E-state index contributed by atoms with van der Waals surface area (Å²) < 4.78 is 5.77. The second kappa shape index (κ2) is 9.59. The number of carbonyl (C=O) groups excluding carboxylic acids is 2. The lowest BCUT2D eigenvalue weighted by Crippen LogP contribution is -2.37. The second-order valence-electron chi connectivity index (χ2n) is 7.75. The van der Waals surface area contributed by atoms with E-state index in [0.717, 1.165) is 18.7 Å². The van der Waals surface area contributed by atoms with Crippen LogP contribution >= 0.6 is 0 Å². The SMILES string of the molecule is CC(=O)c1cccc(OC(C)C(=O)N(C)Cc2ccc(N3CCCCC3)cc2)c1. The van der Waals surface area contributed by atoms with Crippen molar-refractivity contribution in [1.82, 2.24) is 4.90 Å². The number of anilines is 1. The van der Waals surface area contributed by atoms with Gasteiger partial charge < -0.3 is 14.5 Å². The van der Waals surface area contributed by atoms with Crippen molar-refractivity contribution in [2.24, 2.45) is 0 Å². The molecule has 1 heterocycles. The van der Waals surface area contributed by atoms with Crippen LogP contribution in [0.3, 0.4) is 0 Å². The minimum absolute atomic E-state index is 0.0282. The van der Waals surface area contributed by atoms with Crippen LogP contribution in [0.4, 0.5) is 5.69 Å². The van der Waals surface area contributed by atoms with Gasteiger partial charge in [0.2, 0.25) is 0 Å². The summed E-state index contributed by atoms with van der Waals surface area (Å²) in [6.45, 7) is 6.02. The van der Waals surface area contributed by atoms with Crippen LogP contribution in [0, 0.1) is 0 Å². The lowest BCUT2D eigenvalue weighted by atomic mass is 10.1. The maximum absolute atomic E-state index is 12.7. The zero-order valence-corrected chi connectivity index (χ0v) is 17.6. The summed E-state index contributed by atoms with van der Waals surface area (Å²) in [6.07, 6.45) is 3.20. The number of piperidine rings is 1. The Balaban J connectivity index is 1.56.